The van der Waals surface area contributed by atoms with Gasteiger partial charge in [0, 0.05) is 6.54 Å². The molecule has 106 valence electrons. The molecule has 1 amide bonds. The van der Waals surface area contributed by atoms with Gasteiger partial charge in [-0.25, -0.2) is 9.78 Å². The number of halogens is 1. The highest BCUT2D eigenvalue weighted by atomic mass is 79.9. The Morgan fingerprint density at radius 1 is 1.53 bits per heavy atom. The second-order valence-corrected chi connectivity index (χ2v) is 6.61. The van der Waals surface area contributed by atoms with Crippen molar-refractivity contribution in [1.82, 2.24) is 14.9 Å². The maximum Gasteiger partial charge on any atom is 0.410 e. The number of hydrogen-bond acceptors (Lipinski definition) is 3. The summed E-state index contributed by atoms with van der Waals surface area (Å²) in [5.41, 5.74) is 1.45. The molecule has 1 aromatic heterocycles. The monoisotopic (exact) mass is 329 g/mol. The molecule has 1 fully saturated rings. The number of carbonyl (C=O) groups excluding carboxylic acids is 1. The van der Waals surface area contributed by atoms with Crippen molar-refractivity contribution in [1.29, 1.82) is 0 Å². The Morgan fingerprint density at radius 3 is 2.74 bits per heavy atom. The molecular formula is C13H20BrN3O2. The van der Waals surface area contributed by atoms with E-state index in [2.05, 4.69) is 25.9 Å². The van der Waals surface area contributed by atoms with E-state index in [4.69, 9.17) is 4.74 Å². The molecule has 2 rings (SSSR count). The fraction of sp³-hybridized carbons (Fsp3) is 0.692. The summed E-state index contributed by atoms with van der Waals surface area (Å²) < 4.78 is 6.17. The molecule has 0 aliphatic carbocycles. The lowest BCUT2D eigenvalue weighted by Crippen LogP contribution is -2.36. The number of hydrogen-bond donors (Lipinski definition) is 1. The van der Waals surface area contributed by atoms with Gasteiger partial charge in [0.25, 0.3) is 0 Å². The highest BCUT2D eigenvalue weighted by molar-refractivity contribution is 9.10. The maximum atomic E-state index is 12.2. The quantitative estimate of drug-likeness (QED) is 0.857. The Kier molecular flexibility index (Phi) is 3.90. The largest absolute Gasteiger partial charge is 0.444 e. The first kappa shape index (κ1) is 14.4. The fourth-order valence-corrected chi connectivity index (χ4v) is 2.85. The van der Waals surface area contributed by atoms with Gasteiger partial charge in [-0.05, 0) is 56.5 Å². The van der Waals surface area contributed by atoms with E-state index in [0.29, 0.717) is 4.73 Å². The van der Waals surface area contributed by atoms with Gasteiger partial charge in [-0.2, -0.15) is 0 Å². The first-order chi connectivity index (χ1) is 8.78. The van der Waals surface area contributed by atoms with Crippen molar-refractivity contribution in [3.63, 3.8) is 0 Å². The molecule has 0 spiro atoms. The summed E-state index contributed by atoms with van der Waals surface area (Å²) in [5.74, 6) is 0. The Bertz CT molecular complexity index is 479. The van der Waals surface area contributed by atoms with Crippen LogP contribution in [0.15, 0.2) is 4.73 Å². The molecule has 1 aliphatic heterocycles. The number of carbonyl (C=O) groups is 1. The highest BCUT2D eigenvalue weighted by Crippen LogP contribution is 2.34. The number of H-pyrrole nitrogens is 1. The van der Waals surface area contributed by atoms with Gasteiger partial charge in [0.1, 0.15) is 5.60 Å². The van der Waals surface area contributed by atoms with E-state index in [1.165, 1.54) is 0 Å². The second kappa shape index (κ2) is 5.15. The van der Waals surface area contributed by atoms with Crippen LogP contribution in [0.5, 0.6) is 0 Å². The number of nitrogens with zero attached hydrogens (tertiary/aromatic N) is 2. The standard InChI is InChI=1S/C13H20BrN3O2/c1-8-10(16-11(14)15-8)9-6-5-7-17(9)12(18)19-13(2,3)4/h9H,5-7H2,1-4H3,(H,15,16)/t9-/m0/s1. The predicted octanol–water partition coefficient (Wildman–Crippen LogP) is 3.55. The summed E-state index contributed by atoms with van der Waals surface area (Å²) in [6.45, 7) is 8.33. The first-order valence-electron chi connectivity index (χ1n) is 6.49. The van der Waals surface area contributed by atoms with Gasteiger partial charge in [0.2, 0.25) is 0 Å². The third kappa shape index (κ3) is 3.29. The molecule has 0 unspecified atom stereocenters. The van der Waals surface area contributed by atoms with Crippen LogP contribution in [-0.2, 0) is 4.74 Å². The normalized spacial score (nSPS) is 19.8. The topological polar surface area (TPSA) is 58.2 Å². The van der Waals surface area contributed by atoms with E-state index in [0.717, 1.165) is 30.8 Å². The van der Waals surface area contributed by atoms with Crippen LogP contribution in [0.3, 0.4) is 0 Å². The molecule has 1 aliphatic rings. The molecule has 1 aromatic rings. The molecule has 0 bridgehead atoms. The van der Waals surface area contributed by atoms with Gasteiger partial charge in [-0.1, -0.05) is 0 Å². The van der Waals surface area contributed by atoms with Crippen LogP contribution < -0.4 is 0 Å². The van der Waals surface area contributed by atoms with E-state index >= 15 is 0 Å². The highest BCUT2D eigenvalue weighted by Gasteiger charge is 2.35. The number of nitrogens with one attached hydrogen (secondary N) is 1. The van der Waals surface area contributed by atoms with Crippen molar-refractivity contribution in [2.75, 3.05) is 6.54 Å². The number of aryl methyl sites for hydroxylation is 1. The molecule has 0 aromatic carbocycles. The van der Waals surface area contributed by atoms with E-state index < -0.39 is 5.60 Å². The number of amides is 1. The molecule has 0 saturated carbocycles. The SMILES string of the molecule is Cc1nc(Br)[nH]c1[C@@H]1CCCN1C(=O)OC(C)(C)C. The molecule has 1 saturated heterocycles. The van der Waals surface area contributed by atoms with Gasteiger partial charge >= 0.3 is 6.09 Å². The van der Waals surface area contributed by atoms with Crippen LogP contribution in [0.25, 0.3) is 0 Å². The lowest BCUT2D eigenvalue weighted by molar-refractivity contribution is 0.0221. The summed E-state index contributed by atoms with van der Waals surface area (Å²) >= 11 is 3.33. The van der Waals surface area contributed by atoms with Crippen LogP contribution in [0.4, 0.5) is 4.79 Å². The molecule has 5 nitrogen and oxygen atoms in total. The third-order valence-corrected chi connectivity index (χ3v) is 3.48. The average Bonchev–Trinajstić information content (AvgIpc) is 2.81. The second-order valence-electron chi connectivity index (χ2n) is 5.86. The van der Waals surface area contributed by atoms with Crippen LogP contribution in [0.1, 0.15) is 51.0 Å². The van der Waals surface area contributed by atoms with Gasteiger partial charge in [0.05, 0.1) is 17.4 Å². The Morgan fingerprint density at radius 2 is 2.21 bits per heavy atom. The van der Waals surface area contributed by atoms with Crippen molar-refractivity contribution < 1.29 is 9.53 Å². The molecule has 19 heavy (non-hydrogen) atoms. The summed E-state index contributed by atoms with van der Waals surface area (Å²) in [7, 11) is 0. The van der Waals surface area contributed by atoms with Gasteiger partial charge < -0.3 is 9.72 Å². The van der Waals surface area contributed by atoms with Crippen LogP contribution in [0.2, 0.25) is 0 Å². The zero-order chi connectivity index (χ0) is 14.2. The molecule has 1 atom stereocenters. The van der Waals surface area contributed by atoms with Crippen LogP contribution in [-0.4, -0.2) is 33.1 Å². The Labute approximate surface area is 121 Å². The smallest absolute Gasteiger partial charge is 0.410 e. The molecule has 0 radical (unpaired) electrons. The van der Waals surface area contributed by atoms with Crippen molar-refractivity contribution in [3.05, 3.63) is 16.1 Å². The van der Waals surface area contributed by atoms with Gasteiger partial charge in [-0.3, -0.25) is 4.90 Å². The first-order valence-corrected chi connectivity index (χ1v) is 7.29. The van der Waals surface area contributed by atoms with E-state index in [1.807, 2.05) is 27.7 Å². The van der Waals surface area contributed by atoms with Crippen molar-refractivity contribution in [2.24, 2.45) is 0 Å². The van der Waals surface area contributed by atoms with Crippen molar-refractivity contribution in [2.45, 2.75) is 52.2 Å². The number of aromatic amines is 1. The zero-order valence-corrected chi connectivity index (χ0v) is 13.4. The zero-order valence-electron chi connectivity index (χ0n) is 11.8. The summed E-state index contributed by atoms with van der Waals surface area (Å²) in [6.07, 6.45) is 1.68. The van der Waals surface area contributed by atoms with Crippen LogP contribution in [0, 0.1) is 6.92 Å². The van der Waals surface area contributed by atoms with E-state index in [1.54, 1.807) is 4.90 Å². The number of rotatable bonds is 1. The molecule has 1 N–H and O–H groups in total. The Hall–Kier alpha value is -1.04. The number of likely N-dealkylation sites (tertiary alicyclic amines) is 1. The average molecular weight is 330 g/mol. The Balaban J connectivity index is 2.17. The van der Waals surface area contributed by atoms with Crippen molar-refractivity contribution >= 4 is 22.0 Å². The number of aromatic nitrogens is 2. The minimum absolute atomic E-state index is 0.0358. The van der Waals surface area contributed by atoms with Gasteiger partial charge in [0.15, 0.2) is 4.73 Å². The number of ether oxygens (including phenoxy) is 1. The van der Waals surface area contributed by atoms with Crippen LogP contribution >= 0.6 is 15.9 Å². The third-order valence-electron chi connectivity index (χ3n) is 3.11. The predicted molar refractivity (Wildman–Crippen MR) is 75.9 cm³/mol. The molecule has 6 heteroatoms. The van der Waals surface area contributed by atoms with Gasteiger partial charge in [-0.15, -0.1) is 0 Å². The lowest BCUT2D eigenvalue weighted by Gasteiger charge is -2.28. The fourth-order valence-electron chi connectivity index (χ4n) is 2.37. The molecule has 2 heterocycles. The summed E-state index contributed by atoms with van der Waals surface area (Å²) in [4.78, 5) is 21.5. The minimum Gasteiger partial charge on any atom is -0.444 e. The van der Waals surface area contributed by atoms with E-state index in [-0.39, 0.29) is 12.1 Å². The lowest BCUT2D eigenvalue weighted by atomic mass is 10.1. The molecular weight excluding hydrogens is 310 g/mol. The summed E-state index contributed by atoms with van der Waals surface area (Å²) in [6, 6.07) is 0.0358. The van der Waals surface area contributed by atoms with Crippen molar-refractivity contribution in [3.8, 4) is 0 Å². The maximum absolute atomic E-state index is 12.2. The summed E-state index contributed by atoms with van der Waals surface area (Å²) in [5, 5.41) is 0. The van der Waals surface area contributed by atoms with E-state index in [9.17, 15) is 4.79 Å². The minimum atomic E-state index is -0.464. The number of imidazole rings is 1.